The molecular formula is C23H25FN2O3S. The number of sulfonamides is 1. The Balaban J connectivity index is 1.83. The van der Waals surface area contributed by atoms with Gasteiger partial charge in [-0.3, -0.25) is 4.79 Å². The number of hydrogen-bond acceptors (Lipinski definition) is 3. The maximum Gasteiger partial charge on any atom is 0.241 e. The van der Waals surface area contributed by atoms with Crippen LogP contribution in [0.25, 0.3) is 10.8 Å². The highest BCUT2D eigenvalue weighted by molar-refractivity contribution is 7.89. The maximum atomic E-state index is 13.0. The third kappa shape index (κ3) is 5.43. The quantitative estimate of drug-likeness (QED) is 0.601. The summed E-state index contributed by atoms with van der Waals surface area (Å²) in [6.45, 7) is 5.34. The lowest BCUT2D eigenvalue weighted by molar-refractivity contribution is -0.116. The number of halogens is 1. The molecule has 0 aliphatic rings. The Bertz CT molecular complexity index is 1170. The molecule has 158 valence electrons. The van der Waals surface area contributed by atoms with Crippen LogP contribution in [0.3, 0.4) is 0 Å². The van der Waals surface area contributed by atoms with Crippen LogP contribution in [0.5, 0.6) is 0 Å². The number of carbonyl (C=O) groups excluding carboxylic acids is 1. The minimum atomic E-state index is -3.73. The largest absolute Gasteiger partial charge is 0.326 e. The third-order valence-corrected chi connectivity index (χ3v) is 6.26. The lowest BCUT2D eigenvalue weighted by atomic mass is 10.1. The van der Waals surface area contributed by atoms with E-state index in [-0.39, 0.29) is 23.0 Å². The first-order chi connectivity index (χ1) is 14.0. The van der Waals surface area contributed by atoms with E-state index in [1.807, 2.05) is 0 Å². The van der Waals surface area contributed by atoms with Crippen LogP contribution >= 0.6 is 0 Å². The lowest BCUT2D eigenvalue weighted by Crippen LogP contribution is -2.40. The van der Waals surface area contributed by atoms with E-state index in [1.54, 1.807) is 69.3 Å². The van der Waals surface area contributed by atoms with E-state index in [0.29, 0.717) is 22.9 Å². The van der Waals surface area contributed by atoms with Gasteiger partial charge in [0.1, 0.15) is 5.82 Å². The Labute approximate surface area is 176 Å². The van der Waals surface area contributed by atoms with Crippen LogP contribution in [0.1, 0.15) is 32.8 Å². The average molecular weight is 429 g/mol. The molecule has 3 aromatic carbocycles. The fraction of sp³-hybridized carbons (Fsp3) is 0.261. The summed E-state index contributed by atoms with van der Waals surface area (Å²) in [6, 6.07) is 16.2. The molecule has 0 saturated heterocycles. The molecule has 0 radical (unpaired) electrons. The van der Waals surface area contributed by atoms with Crippen LogP contribution in [0, 0.1) is 5.82 Å². The summed E-state index contributed by atoms with van der Waals surface area (Å²) >= 11 is 0. The molecule has 30 heavy (non-hydrogen) atoms. The van der Waals surface area contributed by atoms with Gasteiger partial charge in [-0.05, 0) is 57.0 Å². The van der Waals surface area contributed by atoms with Crippen molar-refractivity contribution in [3.63, 3.8) is 0 Å². The number of amides is 1. The van der Waals surface area contributed by atoms with Gasteiger partial charge in [0.15, 0.2) is 0 Å². The highest BCUT2D eigenvalue weighted by Gasteiger charge is 2.24. The Kier molecular flexibility index (Phi) is 6.24. The van der Waals surface area contributed by atoms with Crippen molar-refractivity contribution in [2.24, 2.45) is 0 Å². The summed E-state index contributed by atoms with van der Waals surface area (Å²) < 4.78 is 41.4. The molecule has 1 amide bonds. The van der Waals surface area contributed by atoms with Crippen LogP contribution in [-0.2, 0) is 21.2 Å². The number of aryl methyl sites for hydroxylation is 1. The third-order valence-electron chi connectivity index (χ3n) is 4.44. The van der Waals surface area contributed by atoms with Gasteiger partial charge in [-0.15, -0.1) is 0 Å². The summed E-state index contributed by atoms with van der Waals surface area (Å²) in [6.07, 6.45) is 0.706. The molecule has 0 aliphatic carbocycles. The van der Waals surface area contributed by atoms with Crippen molar-refractivity contribution in [2.45, 2.75) is 44.0 Å². The number of anilines is 1. The summed E-state index contributed by atoms with van der Waals surface area (Å²) in [4.78, 5) is 12.6. The fourth-order valence-electron chi connectivity index (χ4n) is 3.20. The zero-order chi connectivity index (χ0) is 21.9. The second kappa shape index (κ2) is 8.53. The predicted molar refractivity (Wildman–Crippen MR) is 117 cm³/mol. The van der Waals surface area contributed by atoms with Crippen molar-refractivity contribution < 1.29 is 17.6 Å². The lowest BCUT2D eigenvalue weighted by Gasteiger charge is -2.21. The molecule has 0 aromatic heterocycles. The van der Waals surface area contributed by atoms with Gasteiger partial charge in [-0.2, -0.15) is 0 Å². The molecule has 5 nitrogen and oxygen atoms in total. The van der Waals surface area contributed by atoms with Gasteiger partial charge >= 0.3 is 0 Å². The number of nitrogens with one attached hydrogen (secondary N) is 2. The standard InChI is InChI=1S/C23H25FN2O3S/c1-23(2,3)26-30(28,29)21-9-5-6-18-19(21)7-4-8-20(18)25-22(27)15-12-16-10-13-17(24)14-11-16/h4-11,13-14,26H,12,15H2,1-3H3,(H,25,27). The molecule has 7 heteroatoms. The topological polar surface area (TPSA) is 75.3 Å². The van der Waals surface area contributed by atoms with E-state index in [9.17, 15) is 17.6 Å². The molecule has 0 aliphatic heterocycles. The number of fused-ring (bicyclic) bond motifs is 1. The van der Waals surface area contributed by atoms with E-state index in [4.69, 9.17) is 0 Å². The molecule has 0 atom stereocenters. The Hall–Kier alpha value is -2.77. The van der Waals surface area contributed by atoms with Crippen LogP contribution in [0.4, 0.5) is 10.1 Å². The van der Waals surface area contributed by atoms with E-state index in [2.05, 4.69) is 10.0 Å². The Morgan fingerprint density at radius 1 is 0.933 bits per heavy atom. The summed E-state index contributed by atoms with van der Waals surface area (Å²) in [5.74, 6) is -0.515. The smallest absolute Gasteiger partial charge is 0.241 e. The summed E-state index contributed by atoms with van der Waals surface area (Å²) in [7, 11) is -3.73. The van der Waals surface area contributed by atoms with Crippen LogP contribution in [-0.4, -0.2) is 19.9 Å². The van der Waals surface area contributed by atoms with Gasteiger partial charge in [0.05, 0.1) is 4.90 Å². The maximum absolute atomic E-state index is 13.0. The van der Waals surface area contributed by atoms with Gasteiger partial charge < -0.3 is 5.32 Å². The summed E-state index contributed by atoms with van der Waals surface area (Å²) in [5.41, 5.74) is 0.795. The van der Waals surface area contributed by atoms with Crippen molar-refractivity contribution in [1.82, 2.24) is 4.72 Å². The number of benzene rings is 3. The van der Waals surface area contributed by atoms with Crippen molar-refractivity contribution in [3.8, 4) is 0 Å². The molecule has 0 bridgehead atoms. The normalized spacial score (nSPS) is 12.1. The SMILES string of the molecule is CC(C)(C)NS(=O)(=O)c1cccc2c(NC(=O)CCc3ccc(F)cc3)cccc12. The molecule has 0 heterocycles. The van der Waals surface area contributed by atoms with Crippen LogP contribution < -0.4 is 10.0 Å². The van der Waals surface area contributed by atoms with E-state index < -0.39 is 15.6 Å². The minimum absolute atomic E-state index is 0.164. The van der Waals surface area contributed by atoms with Gasteiger partial charge in [0.25, 0.3) is 0 Å². The van der Waals surface area contributed by atoms with Gasteiger partial charge in [0, 0.05) is 28.4 Å². The fourth-order valence-corrected chi connectivity index (χ4v) is 4.85. The number of carbonyl (C=O) groups is 1. The second-order valence-electron chi connectivity index (χ2n) is 8.19. The van der Waals surface area contributed by atoms with Gasteiger partial charge in [0.2, 0.25) is 15.9 Å². The zero-order valence-electron chi connectivity index (χ0n) is 17.2. The van der Waals surface area contributed by atoms with Crippen LogP contribution in [0.15, 0.2) is 65.6 Å². The highest BCUT2D eigenvalue weighted by atomic mass is 32.2. The molecule has 3 rings (SSSR count). The average Bonchev–Trinajstić information content (AvgIpc) is 2.65. The first kappa shape index (κ1) is 21.9. The molecule has 0 spiro atoms. The van der Waals surface area contributed by atoms with Crippen molar-refractivity contribution in [2.75, 3.05) is 5.32 Å². The Morgan fingerprint density at radius 2 is 1.57 bits per heavy atom. The Morgan fingerprint density at radius 3 is 2.23 bits per heavy atom. The minimum Gasteiger partial charge on any atom is -0.326 e. The first-order valence-electron chi connectivity index (χ1n) is 9.65. The molecular weight excluding hydrogens is 403 g/mol. The van der Waals surface area contributed by atoms with Crippen LogP contribution in [0.2, 0.25) is 0 Å². The first-order valence-corrected chi connectivity index (χ1v) is 11.1. The number of rotatable bonds is 6. The molecule has 3 aromatic rings. The van der Waals surface area contributed by atoms with E-state index in [0.717, 1.165) is 5.56 Å². The number of hydrogen-bond donors (Lipinski definition) is 2. The predicted octanol–water partition coefficient (Wildman–Crippen LogP) is 4.63. The summed E-state index contributed by atoms with van der Waals surface area (Å²) in [5, 5.41) is 4.04. The zero-order valence-corrected chi connectivity index (χ0v) is 18.0. The second-order valence-corrected chi connectivity index (χ2v) is 9.84. The van der Waals surface area contributed by atoms with Gasteiger partial charge in [-0.1, -0.05) is 36.4 Å². The van der Waals surface area contributed by atoms with Crippen molar-refractivity contribution >= 4 is 32.4 Å². The molecule has 0 unspecified atom stereocenters. The van der Waals surface area contributed by atoms with E-state index in [1.165, 1.54) is 12.1 Å². The van der Waals surface area contributed by atoms with Crippen molar-refractivity contribution in [1.29, 1.82) is 0 Å². The molecule has 0 saturated carbocycles. The highest BCUT2D eigenvalue weighted by Crippen LogP contribution is 2.29. The van der Waals surface area contributed by atoms with Gasteiger partial charge in [-0.25, -0.2) is 17.5 Å². The van der Waals surface area contributed by atoms with E-state index >= 15 is 0 Å². The molecule has 2 N–H and O–H groups in total. The monoisotopic (exact) mass is 428 g/mol. The van der Waals surface area contributed by atoms with Crippen molar-refractivity contribution in [3.05, 3.63) is 72.0 Å². The molecule has 0 fully saturated rings.